The Morgan fingerprint density at radius 1 is 1.23 bits per heavy atom. The number of hydrogen-bond donors (Lipinski definition) is 1. The van der Waals surface area contributed by atoms with Gasteiger partial charge in [0.15, 0.2) is 0 Å². The Bertz CT molecular complexity index is 607. The van der Waals surface area contributed by atoms with Crippen molar-refractivity contribution in [1.29, 1.82) is 0 Å². The zero-order valence-electron chi connectivity index (χ0n) is 13.3. The number of nitrogens with zero attached hydrogens (tertiary/aromatic N) is 2. The van der Waals surface area contributed by atoms with Crippen LogP contribution in [0.3, 0.4) is 0 Å². The van der Waals surface area contributed by atoms with Crippen molar-refractivity contribution in [3.8, 4) is 11.5 Å². The van der Waals surface area contributed by atoms with Crippen molar-refractivity contribution in [1.82, 2.24) is 15.5 Å². The zero-order valence-corrected chi connectivity index (χ0v) is 13.3. The molecule has 0 unspecified atom stereocenters. The number of amides is 1. The zero-order chi connectivity index (χ0) is 15.8. The van der Waals surface area contributed by atoms with E-state index in [1.807, 2.05) is 31.2 Å². The second-order valence-electron chi connectivity index (χ2n) is 5.37. The summed E-state index contributed by atoms with van der Waals surface area (Å²) in [6, 6.07) is 7.87. The van der Waals surface area contributed by atoms with Crippen LogP contribution in [0.1, 0.15) is 44.1 Å². The molecule has 0 bridgehead atoms. The highest BCUT2D eigenvalue weighted by atomic mass is 16.4. The van der Waals surface area contributed by atoms with E-state index in [1.54, 1.807) is 0 Å². The van der Waals surface area contributed by atoms with Gasteiger partial charge in [0.25, 0.3) is 0 Å². The first kappa shape index (κ1) is 16.2. The molecule has 5 nitrogen and oxygen atoms in total. The Hall–Kier alpha value is -2.17. The second-order valence-corrected chi connectivity index (χ2v) is 5.37. The lowest BCUT2D eigenvalue weighted by Gasteiger charge is -2.03. The first-order chi connectivity index (χ1) is 10.7. The number of aromatic nitrogens is 2. The van der Waals surface area contributed by atoms with E-state index < -0.39 is 0 Å². The van der Waals surface area contributed by atoms with Crippen LogP contribution in [0.25, 0.3) is 11.5 Å². The van der Waals surface area contributed by atoms with Crippen LogP contribution in [0.4, 0.5) is 0 Å². The van der Waals surface area contributed by atoms with E-state index in [0.29, 0.717) is 24.6 Å². The van der Waals surface area contributed by atoms with Gasteiger partial charge in [-0.05, 0) is 25.0 Å². The average Bonchev–Trinajstić information content (AvgIpc) is 2.99. The van der Waals surface area contributed by atoms with Gasteiger partial charge in [-0.25, -0.2) is 0 Å². The Balaban J connectivity index is 1.83. The van der Waals surface area contributed by atoms with Crippen molar-refractivity contribution in [2.24, 2.45) is 0 Å². The summed E-state index contributed by atoms with van der Waals surface area (Å²) in [6.07, 6.45) is 4.17. The van der Waals surface area contributed by atoms with Crippen LogP contribution < -0.4 is 5.32 Å². The van der Waals surface area contributed by atoms with Gasteiger partial charge < -0.3 is 9.73 Å². The van der Waals surface area contributed by atoms with Crippen molar-refractivity contribution in [2.75, 3.05) is 6.54 Å². The largest absolute Gasteiger partial charge is 0.421 e. The van der Waals surface area contributed by atoms with Gasteiger partial charge in [0.2, 0.25) is 17.7 Å². The molecule has 0 aliphatic heterocycles. The summed E-state index contributed by atoms with van der Waals surface area (Å²) in [4.78, 5) is 11.7. The fourth-order valence-electron chi connectivity index (χ4n) is 2.19. The van der Waals surface area contributed by atoms with E-state index in [2.05, 4.69) is 22.4 Å². The molecular formula is C17H23N3O2. The van der Waals surface area contributed by atoms with Crippen molar-refractivity contribution >= 4 is 5.91 Å². The Kier molecular flexibility index (Phi) is 6.13. The summed E-state index contributed by atoms with van der Waals surface area (Å²) in [5.41, 5.74) is 2.02. The molecule has 2 aromatic rings. The van der Waals surface area contributed by atoms with E-state index in [9.17, 15) is 4.79 Å². The Morgan fingerprint density at radius 2 is 2.05 bits per heavy atom. The predicted molar refractivity (Wildman–Crippen MR) is 85.3 cm³/mol. The van der Waals surface area contributed by atoms with Gasteiger partial charge in [-0.2, -0.15) is 0 Å². The van der Waals surface area contributed by atoms with Gasteiger partial charge in [0, 0.05) is 24.9 Å². The van der Waals surface area contributed by atoms with Crippen LogP contribution >= 0.6 is 0 Å². The highest BCUT2D eigenvalue weighted by Gasteiger charge is 2.11. The second kappa shape index (κ2) is 8.32. The molecule has 0 aliphatic carbocycles. The number of carbonyl (C=O) groups excluding carboxylic acids is 1. The fraction of sp³-hybridized carbons (Fsp3) is 0.471. The molecule has 1 heterocycles. The number of aryl methyl sites for hydroxylation is 2. The van der Waals surface area contributed by atoms with Crippen LogP contribution in [0.2, 0.25) is 0 Å². The van der Waals surface area contributed by atoms with Gasteiger partial charge in [0.05, 0.1) is 0 Å². The maximum atomic E-state index is 11.7. The summed E-state index contributed by atoms with van der Waals surface area (Å²) in [5, 5.41) is 11.0. The predicted octanol–water partition coefficient (Wildman–Crippen LogP) is 3.28. The molecule has 1 N–H and O–H groups in total. The third-order valence-electron chi connectivity index (χ3n) is 3.51. The van der Waals surface area contributed by atoms with Crippen LogP contribution in [0, 0.1) is 6.92 Å². The van der Waals surface area contributed by atoms with Crippen LogP contribution in [-0.4, -0.2) is 22.6 Å². The minimum absolute atomic E-state index is 0.0340. The molecule has 0 fully saturated rings. The molecule has 1 aromatic heterocycles. The van der Waals surface area contributed by atoms with E-state index in [1.165, 1.54) is 0 Å². The first-order valence-corrected chi connectivity index (χ1v) is 7.85. The molecule has 1 amide bonds. The van der Waals surface area contributed by atoms with Crippen LogP contribution in [0.15, 0.2) is 28.7 Å². The van der Waals surface area contributed by atoms with Crippen molar-refractivity contribution in [2.45, 2.75) is 46.0 Å². The molecule has 0 radical (unpaired) electrons. The minimum atomic E-state index is 0.0340. The van der Waals surface area contributed by atoms with Gasteiger partial charge in [0.1, 0.15) is 0 Å². The van der Waals surface area contributed by atoms with Gasteiger partial charge in [-0.15, -0.1) is 10.2 Å². The van der Waals surface area contributed by atoms with Crippen molar-refractivity contribution < 1.29 is 9.21 Å². The number of carbonyl (C=O) groups is 1. The van der Waals surface area contributed by atoms with Crippen LogP contribution in [-0.2, 0) is 11.2 Å². The normalized spacial score (nSPS) is 10.6. The van der Waals surface area contributed by atoms with Gasteiger partial charge >= 0.3 is 0 Å². The third-order valence-corrected chi connectivity index (χ3v) is 3.51. The average molecular weight is 301 g/mol. The number of unbranched alkanes of at least 4 members (excludes halogenated alkanes) is 2. The molecule has 22 heavy (non-hydrogen) atoms. The molecule has 1 aromatic carbocycles. The number of benzene rings is 1. The first-order valence-electron chi connectivity index (χ1n) is 7.85. The van der Waals surface area contributed by atoms with E-state index in [0.717, 1.165) is 36.9 Å². The summed E-state index contributed by atoms with van der Waals surface area (Å²) in [5.74, 6) is 1.05. The lowest BCUT2D eigenvalue weighted by atomic mass is 10.1. The molecule has 0 saturated heterocycles. The van der Waals surface area contributed by atoms with Crippen LogP contribution in [0.5, 0.6) is 0 Å². The number of nitrogens with one attached hydrogen (secondary N) is 1. The summed E-state index contributed by atoms with van der Waals surface area (Å²) >= 11 is 0. The summed E-state index contributed by atoms with van der Waals surface area (Å²) in [7, 11) is 0. The molecule has 0 saturated carbocycles. The SMILES string of the molecule is CCCCCNC(=O)CCc1nnc(-c2ccccc2C)o1. The smallest absolute Gasteiger partial charge is 0.247 e. The Labute approximate surface area is 131 Å². The monoisotopic (exact) mass is 301 g/mol. The maximum Gasteiger partial charge on any atom is 0.247 e. The highest BCUT2D eigenvalue weighted by molar-refractivity contribution is 5.75. The molecule has 5 heteroatoms. The fourth-order valence-corrected chi connectivity index (χ4v) is 2.19. The molecule has 118 valence electrons. The topological polar surface area (TPSA) is 68.0 Å². The van der Waals surface area contributed by atoms with E-state index >= 15 is 0 Å². The van der Waals surface area contributed by atoms with Gasteiger partial charge in [-0.1, -0.05) is 38.0 Å². The molecule has 0 aliphatic rings. The maximum absolute atomic E-state index is 11.7. The van der Waals surface area contributed by atoms with E-state index in [-0.39, 0.29) is 5.91 Å². The Morgan fingerprint density at radius 3 is 2.82 bits per heavy atom. The summed E-state index contributed by atoms with van der Waals surface area (Å²) < 4.78 is 5.64. The lowest BCUT2D eigenvalue weighted by molar-refractivity contribution is -0.121. The molecular weight excluding hydrogens is 278 g/mol. The van der Waals surface area contributed by atoms with Crippen molar-refractivity contribution in [3.05, 3.63) is 35.7 Å². The third kappa shape index (κ3) is 4.69. The van der Waals surface area contributed by atoms with Crippen molar-refractivity contribution in [3.63, 3.8) is 0 Å². The van der Waals surface area contributed by atoms with Gasteiger partial charge in [-0.3, -0.25) is 4.79 Å². The lowest BCUT2D eigenvalue weighted by Crippen LogP contribution is -2.24. The van der Waals surface area contributed by atoms with E-state index in [4.69, 9.17) is 4.42 Å². The number of rotatable bonds is 8. The highest BCUT2D eigenvalue weighted by Crippen LogP contribution is 2.21. The summed E-state index contributed by atoms with van der Waals surface area (Å²) in [6.45, 7) is 4.89. The molecule has 2 rings (SSSR count). The quantitative estimate of drug-likeness (QED) is 0.760. The standard InChI is InChI=1S/C17H23N3O2/c1-3-4-7-12-18-15(21)10-11-16-19-20-17(22-16)14-9-6-5-8-13(14)2/h5-6,8-9H,3-4,7,10-12H2,1-2H3,(H,18,21). The number of hydrogen-bond acceptors (Lipinski definition) is 4. The molecule has 0 atom stereocenters. The molecule has 0 spiro atoms. The minimum Gasteiger partial charge on any atom is -0.421 e.